The van der Waals surface area contributed by atoms with Crippen molar-refractivity contribution in [3.63, 3.8) is 0 Å². The molecule has 0 aliphatic carbocycles. The fraction of sp³-hybridized carbons (Fsp3) is 0.0769. The standard InChI is InChI=1S/C13H8ClFN2O/c1-8-4-5-17(13(18)10(8)7-16)12-3-2-9(15)6-11(12)14/h2-6H,1H3. The summed E-state index contributed by atoms with van der Waals surface area (Å²) in [5, 5.41) is 9.04. The Morgan fingerprint density at radius 2 is 2.11 bits per heavy atom. The summed E-state index contributed by atoms with van der Waals surface area (Å²) in [5.74, 6) is -0.482. The summed E-state index contributed by atoms with van der Waals surface area (Å²) in [6, 6.07) is 7.22. The molecule has 2 rings (SSSR count). The molecule has 3 nitrogen and oxygen atoms in total. The van der Waals surface area contributed by atoms with E-state index >= 15 is 0 Å². The van der Waals surface area contributed by atoms with Gasteiger partial charge in [-0.25, -0.2) is 4.39 Å². The first-order valence-corrected chi connectivity index (χ1v) is 5.50. The van der Waals surface area contributed by atoms with Gasteiger partial charge < -0.3 is 0 Å². The van der Waals surface area contributed by atoms with Crippen LogP contribution in [-0.2, 0) is 0 Å². The molecule has 2 aromatic rings. The van der Waals surface area contributed by atoms with Crippen molar-refractivity contribution in [1.82, 2.24) is 4.57 Å². The van der Waals surface area contributed by atoms with E-state index in [1.54, 1.807) is 13.0 Å². The van der Waals surface area contributed by atoms with Crippen LogP contribution in [0.1, 0.15) is 11.1 Å². The lowest BCUT2D eigenvalue weighted by Gasteiger charge is -2.09. The minimum atomic E-state index is -0.482. The van der Waals surface area contributed by atoms with Gasteiger partial charge in [0.1, 0.15) is 17.4 Å². The molecule has 0 aliphatic rings. The third-order valence-corrected chi connectivity index (χ3v) is 2.88. The molecule has 0 atom stereocenters. The van der Waals surface area contributed by atoms with Gasteiger partial charge in [0, 0.05) is 6.20 Å². The van der Waals surface area contributed by atoms with Gasteiger partial charge >= 0.3 is 0 Å². The summed E-state index contributed by atoms with van der Waals surface area (Å²) in [7, 11) is 0. The second-order valence-corrected chi connectivity index (χ2v) is 4.16. The zero-order chi connectivity index (χ0) is 13.3. The molecule has 0 radical (unpaired) electrons. The Balaban J connectivity index is 2.74. The third-order valence-electron chi connectivity index (χ3n) is 2.58. The van der Waals surface area contributed by atoms with E-state index in [-0.39, 0.29) is 10.6 Å². The van der Waals surface area contributed by atoms with Crippen LogP contribution in [0.15, 0.2) is 35.3 Å². The highest BCUT2D eigenvalue weighted by Crippen LogP contribution is 2.20. The smallest absolute Gasteiger partial charge is 0.273 e. The van der Waals surface area contributed by atoms with Crippen molar-refractivity contribution in [2.45, 2.75) is 6.92 Å². The molecular formula is C13H8ClFN2O. The van der Waals surface area contributed by atoms with Crippen LogP contribution in [0.5, 0.6) is 0 Å². The van der Waals surface area contributed by atoms with Gasteiger partial charge in [-0.15, -0.1) is 0 Å². The topological polar surface area (TPSA) is 45.8 Å². The number of aromatic nitrogens is 1. The first kappa shape index (κ1) is 12.3. The highest BCUT2D eigenvalue weighted by atomic mass is 35.5. The fourth-order valence-electron chi connectivity index (χ4n) is 1.63. The number of halogens is 2. The minimum Gasteiger partial charge on any atom is -0.282 e. The van der Waals surface area contributed by atoms with E-state index in [1.165, 1.54) is 22.9 Å². The van der Waals surface area contributed by atoms with Gasteiger partial charge in [0.2, 0.25) is 0 Å². The Kier molecular flexibility index (Phi) is 3.17. The monoisotopic (exact) mass is 262 g/mol. The number of rotatable bonds is 1. The number of nitriles is 1. The van der Waals surface area contributed by atoms with Crippen LogP contribution in [0.2, 0.25) is 5.02 Å². The Morgan fingerprint density at radius 1 is 1.39 bits per heavy atom. The van der Waals surface area contributed by atoms with Gasteiger partial charge in [-0.1, -0.05) is 11.6 Å². The van der Waals surface area contributed by atoms with E-state index < -0.39 is 11.4 Å². The lowest BCUT2D eigenvalue weighted by molar-refractivity contribution is 0.627. The van der Waals surface area contributed by atoms with E-state index in [1.807, 2.05) is 6.07 Å². The Morgan fingerprint density at radius 3 is 2.72 bits per heavy atom. The van der Waals surface area contributed by atoms with Crippen molar-refractivity contribution in [2.75, 3.05) is 0 Å². The van der Waals surface area contributed by atoms with E-state index in [9.17, 15) is 9.18 Å². The van der Waals surface area contributed by atoms with Gasteiger partial charge in [-0.2, -0.15) is 5.26 Å². The van der Waals surface area contributed by atoms with E-state index in [0.717, 1.165) is 6.07 Å². The van der Waals surface area contributed by atoms with Gasteiger partial charge in [-0.3, -0.25) is 9.36 Å². The summed E-state index contributed by atoms with van der Waals surface area (Å²) in [4.78, 5) is 12.0. The lowest BCUT2D eigenvalue weighted by Crippen LogP contribution is -2.21. The number of nitrogens with zero attached hydrogens (tertiary/aromatic N) is 2. The van der Waals surface area contributed by atoms with Crippen molar-refractivity contribution in [3.8, 4) is 11.8 Å². The van der Waals surface area contributed by atoms with Crippen LogP contribution < -0.4 is 5.56 Å². The molecule has 0 fully saturated rings. The average Bonchev–Trinajstić information content (AvgIpc) is 2.31. The van der Waals surface area contributed by atoms with Gasteiger partial charge in [0.05, 0.1) is 10.7 Å². The average molecular weight is 263 g/mol. The van der Waals surface area contributed by atoms with Crippen molar-refractivity contribution in [2.24, 2.45) is 0 Å². The molecule has 1 aromatic carbocycles. The first-order chi connectivity index (χ1) is 8.54. The summed E-state index contributed by atoms with van der Waals surface area (Å²) in [5.41, 5.74) is 0.528. The normalized spacial score (nSPS) is 10.1. The molecule has 0 bridgehead atoms. The number of aryl methyl sites for hydroxylation is 1. The number of hydrogen-bond donors (Lipinski definition) is 0. The second kappa shape index (κ2) is 4.63. The third kappa shape index (κ3) is 2.01. The van der Waals surface area contributed by atoms with Crippen LogP contribution >= 0.6 is 11.6 Å². The van der Waals surface area contributed by atoms with E-state index in [2.05, 4.69) is 0 Å². The molecule has 0 amide bonds. The molecule has 18 heavy (non-hydrogen) atoms. The predicted octanol–water partition coefficient (Wildman–Crippen LogP) is 2.81. The number of hydrogen-bond acceptors (Lipinski definition) is 2. The quantitative estimate of drug-likeness (QED) is 0.793. The van der Waals surface area contributed by atoms with Crippen molar-refractivity contribution < 1.29 is 4.39 Å². The van der Waals surface area contributed by atoms with Crippen LogP contribution in [0.3, 0.4) is 0 Å². The second-order valence-electron chi connectivity index (χ2n) is 3.76. The van der Waals surface area contributed by atoms with Crippen LogP contribution in [-0.4, -0.2) is 4.57 Å². The molecule has 5 heteroatoms. The zero-order valence-electron chi connectivity index (χ0n) is 9.45. The molecule has 0 unspecified atom stereocenters. The summed E-state index contributed by atoms with van der Waals surface area (Å²) < 4.78 is 14.2. The number of pyridine rings is 1. The first-order valence-electron chi connectivity index (χ1n) is 5.12. The molecule has 1 aromatic heterocycles. The molecule has 1 heterocycles. The van der Waals surface area contributed by atoms with Gasteiger partial charge in [0.25, 0.3) is 5.56 Å². The molecule has 0 aliphatic heterocycles. The summed E-state index contributed by atoms with van der Waals surface area (Å²) in [6.07, 6.45) is 1.51. The highest BCUT2D eigenvalue weighted by Gasteiger charge is 2.10. The molecule has 90 valence electrons. The lowest BCUT2D eigenvalue weighted by atomic mass is 10.1. The summed E-state index contributed by atoms with van der Waals surface area (Å²) in [6.45, 7) is 1.68. The van der Waals surface area contributed by atoms with Crippen LogP contribution in [0, 0.1) is 24.1 Å². The molecule has 0 saturated carbocycles. The number of benzene rings is 1. The van der Waals surface area contributed by atoms with E-state index in [0.29, 0.717) is 11.3 Å². The maximum absolute atomic E-state index is 12.9. The van der Waals surface area contributed by atoms with Crippen LogP contribution in [0.4, 0.5) is 4.39 Å². The molecule has 0 N–H and O–H groups in total. The van der Waals surface area contributed by atoms with Crippen molar-refractivity contribution in [1.29, 1.82) is 5.26 Å². The van der Waals surface area contributed by atoms with Gasteiger partial charge in [-0.05, 0) is 36.8 Å². The minimum absolute atomic E-state index is 0.0536. The zero-order valence-corrected chi connectivity index (χ0v) is 10.2. The van der Waals surface area contributed by atoms with Gasteiger partial charge in [0.15, 0.2) is 0 Å². The molecule has 0 saturated heterocycles. The molecule has 0 spiro atoms. The van der Waals surface area contributed by atoms with Crippen LogP contribution in [0.25, 0.3) is 5.69 Å². The van der Waals surface area contributed by atoms with Crippen molar-refractivity contribution >= 4 is 11.6 Å². The highest BCUT2D eigenvalue weighted by molar-refractivity contribution is 6.32. The maximum Gasteiger partial charge on any atom is 0.273 e. The molecular weight excluding hydrogens is 255 g/mol. The summed E-state index contributed by atoms with van der Waals surface area (Å²) >= 11 is 5.89. The SMILES string of the molecule is Cc1ccn(-c2ccc(F)cc2Cl)c(=O)c1C#N. The largest absolute Gasteiger partial charge is 0.282 e. The maximum atomic E-state index is 12.9. The Labute approximate surface area is 108 Å². The Bertz CT molecular complexity index is 716. The van der Waals surface area contributed by atoms with Crippen molar-refractivity contribution in [3.05, 3.63) is 62.8 Å². The Hall–Kier alpha value is -2.12. The van der Waals surface area contributed by atoms with E-state index in [4.69, 9.17) is 16.9 Å². The predicted molar refractivity (Wildman–Crippen MR) is 66.5 cm³/mol. The fourth-order valence-corrected chi connectivity index (χ4v) is 1.89.